The quantitative estimate of drug-likeness (QED) is 0.669. The number of hydrogen-bond acceptors (Lipinski definition) is 2. The summed E-state index contributed by atoms with van der Waals surface area (Å²) in [6, 6.07) is 11.6. The van der Waals surface area contributed by atoms with Crippen molar-refractivity contribution in [2.24, 2.45) is 0 Å². The lowest BCUT2D eigenvalue weighted by Gasteiger charge is -2.06. The summed E-state index contributed by atoms with van der Waals surface area (Å²) in [6.45, 7) is 0. The molecule has 0 amide bonds. The zero-order chi connectivity index (χ0) is 16.6. The van der Waals surface area contributed by atoms with Gasteiger partial charge >= 0.3 is 0 Å². The highest BCUT2D eigenvalue weighted by Gasteiger charge is 2.14. The molecule has 0 aliphatic carbocycles. The van der Waals surface area contributed by atoms with Crippen LogP contribution in [0.1, 0.15) is 15.9 Å². The number of rotatable bonds is 3. The molecule has 0 spiro atoms. The fourth-order valence-corrected chi connectivity index (χ4v) is 2.96. The topological polar surface area (TPSA) is 49.9 Å². The Labute approximate surface area is 146 Å². The number of nitrogens with one attached hydrogen (secondary N) is 1. The first-order valence-corrected chi connectivity index (χ1v) is 7.87. The number of carbonyl (C=O) groups is 1. The van der Waals surface area contributed by atoms with Crippen molar-refractivity contribution >= 4 is 51.5 Å². The molecule has 0 fully saturated rings. The number of aromatic nitrogens is 1. The molecule has 0 aliphatic heterocycles. The maximum atomic E-state index is 12.4. The monoisotopic (exact) mass is 365 g/mol. The second-order valence-corrected chi connectivity index (χ2v) is 6.36. The molecule has 23 heavy (non-hydrogen) atoms. The van der Waals surface area contributed by atoms with Gasteiger partial charge < -0.3 is 4.98 Å². The third-order valence-electron chi connectivity index (χ3n) is 3.47. The Morgan fingerprint density at radius 3 is 2.39 bits per heavy atom. The summed E-state index contributed by atoms with van der Waals surface area (Å²) < 4.78 is 0. The van der Waals surface area contributed by atoms with Crippen LogP contribution in [0, 0.1) is 0 Å². The molecule has 0 saturated carbocycles. The van der Waals surface area contributed by atoms with E-state index >= 15 is 0 Å². The largest absolute Gasteiger partial charge is 0.321 e. The first-order valence-electron chi connectivity index (χ1n) is 6.74. The van der Waals surface area contributed by atoms with E-state index in [2.05, 4.69) is 4.98 Å². The van der Waals surface area contributed by atoms with Crippen molar-refractivity contribution in [1.82, 2.24) is 4.98 Å². The average molecular weight is 367 g/mol. The third-order valence-corrected chi connectivity index (χ3v) is 4.30. The molecule has 0 bridgehead atoms. The Hall–Kier alpha value is -1.81. The van der Waals surface area contributed by atoms with Gasteiger partial charge in [-0.3, -0.25) is 9.59 Å². The van der Waals surface area contributed by atoms with E-state index in [0.717, 1.165) is 5.39 Å². The van der Waals surface area contributed by atoms with Crippen molar-refractivity contribution in [3.8, 4) is 0 Å². The Morgan fingerprint density at radius 1 is 0.957 bits per heavy atom. The van der Waals surface area contributed by atoms with Gasteiger partial charge in [-0.1, -0.05) is 46.9 Å². The normalized spacial score (nSPS) is 10.9. The molecular weight excluding hydrogens is 357 g/mol. The van der Waals surface area contributed by atoms with Gasteiger partial charge in [0.15, 0.2) is 5.78 Å². The lowest BCUT2D eigenvalue weighted by Crippen LogP contribution is -2.19. The van der Waals surface area contributed by atoms with Crippen molar-refractivity contribution < 1.29 is 4.79 Å². The molecule has 0 atom stereocenters. The van der Waals surface area contributed by atoms with Crippen LogP contribution < -0.4 is 5.56 Å². The van der Waals surface area contributed by atoms with Gasteiger partial charge in [-0.2, -0.15) is 0 Å². The van der Waals surface area contributed by atoms with Crippen LogP contribution in [0.3, 0.4) is 0 Å². The number of halogens is 3. The lowest BCUT2D eigenvalue weighted by molar-refractivity contribution is 0.0991. The number of benzene rings is 2. The third kappa shape index (κ3) is 3.42. The Morgan fingerprint density at radius 2 is 1.65 bits per heavy atom. The molecule has 0 aliphatic rings. The zero-order valence-corrected chi connectivity index (χ0v) is 14.0. The molecule has 3 aromatic rings. The van der Waals surface area contributed by atoms with Gasteiger partial charge in [0.2, 0.25) is 0 Å². The van der Waals surface area contributed by atoms with Crippen molar-refractivity contribution in [3.63, 3.8) is 0 Å². The second kappa shape index (κ2) is 6.36. The maximum Gasteiger partial charge on any atom is 0.259 e. The number of ketones is 1. The summed E-state index contributed by atoms with van der Waals surface area (Å²) in [6.07, 6.45) is 0.0260. The SMILES string of the molecule is O=C(Cc1ccc(Cl)cc1Cl)c1cc2ccc(Cl)cc2[nH]c1=O. The number of fused-ring (bicyclic) bond motifs is 1. The number of carbonyl (C=O) groups excluding carboxylic acids is 1. The van der Waals surface area contributed by atoms with Gasteiger partial charge in [0.05, 0.1) is 5.56 Å². The fourth-order valence-electron chi connectivity index (χ4n) is 2.31. The number of aromatic amines is 1. The first-order chi connectivity index (χ1) is 10.9. The maximum absolute atomic E-state index is 12.4. The van der Waals surface area contributed by atoms with Crippen molar-refractivity contribution in [3.05, 3.63) is 79.0 Å². The first kappa shape index (κ1) is 16.1. The minimum atomic E-state index is -0.449. The molecule has 1 aromatic heterocycles. The highest BCUT2D eigenvalue weighted by Crippen LogP contribution is 2.23. The number of hydrogen-bond donors (Lipinski definition) is 1. The minimum Gasteiger partial charge on any atom is -0.321 e. The number of Topliss-reactive ketones (excluding diaryl/α,β-unsaturated/α-hetero) is 1. The van der Waals surface area contributed by atoms with Crippen molar-refractivity contribution in [2.75, 3.05) is 0 Å². The Balaban J connectivity index is 1.99. The molecule has 116 valence electrons. The Kier molecular flexibility index (Phi) is 4.44. The number of pyridine rings is 1. The Bertz CT molecular complexity index is 979. The van der Waals surface area contributed by atoms with Gasteiger partial charge in [-0.25, -0.2) is 0 Å². The van der Waals surface area contributed by atoms with E-state index in [1.165, 1.54) is 0 Å². The van der Waals surface area contributed by atoms with E-state index in [0.29, 0.717) is 26.1 Å². The molecule has 0 radical (unpaired) electrons. The molecule has 1 heterocycles. The fraction of sp³-hybridized carbons (Fsp3) is 0.0588. The molecule has 2 aromatic carbocycles. The molecule has 6 heteroatoms. The van der Waals surface area contributed by atoms with E-state index in [4.69, 9.17) is 34.8 Å². The van der Waals surface area contributed by atoms with Crippen molar-refractivity contribution in [1.29, 1.82) is 0 Å². The molecular formula is C17H10Cl3NO2. The van der Waals surface area contributed by atoms with Crippen LogP contribution in [-0.2, 0) is 6.42 Å². The summed E-state index contributed by atoms with van der Waals surface area (Å²) >= 11 is 17.8. The molecule has 3 rings (SSSR count). The van der Waals surface area contributed by atoms with Gasteiger partial charge in [0.1, 0.15) is 0 Å². The van der Waals surface area contributed by atoms with Gasteiger partial charge in [-0.05, 0) is 41.3 Å². The van der Waals surface area contributed by atoms with Crippen LogP contribution in [-0.4, -0.2) is 10.8 Å². The van der Waals surface area contributed by atoms with Crippen LogP contribution >= 0.6 is 34.8 Å². The lowest BCUT2D eigenvalue weighted by atomic mass is 10.0. The van der Waals surface area contributed by atoms with Crippen LogP contribution in [0.25, 0.3) is 10.9 Å². The smallest absolute Gasteiger partial charge is 0.259 e. The molecule has 0 saturated heterocycles. The highest BCUT2D eigenvalue weighted by molar-refractivity contribution is 6.35. The van der Waals surface area contributed by atoms with Gasteiger partial charge in [0.25, 0.3) is 5.56 Å². The van der Waals surface area contributed by atoms with Crippen LogP contribution in [0.5, 0.6) is 0 Å². The van der Waals surface area contributed by atoms with Crippen LogP contribution in [0.2, 0.25) is 15.1 Å². The van der Waals surface area contributed by atoms with E-state index in [9.17, 15) is 9.59 Å². The predicted molar refractivity (Wildman–Crippen MR) is 94.1 cm³/mol. The van der Waals surface area contributed by atoms with Crippen molar-refractivity contribution in [2.45, 2.75) is 6.42 Å². The number of H-pyrrole nitrogens is 1. The standard InChI is InChI=1S/C17H10Cl3NO2/c18-11-3-1-9(14(20)7-11)6-16(22)13-5-10-2-4-12(19)8-15(10)21-17(13)23/h1-5,7-8H,6H2,(H,21,23). The molecule has 3 nitrogen and oxygen atoms in total. The molecule has 0 unspecified atom stereocenters. The van der Waals surface area contributed by atoms with E-state index in [1.54, 1.807) is 42.5 Å². The van der Waals surface area contributed by atoms with E-state index in [1.807, 2.05) is 0 Å². The summed E-state index contributed by atoms with van der Waals surface area (Å²) in [5.41, 5.74) is 0.848. The highest BCUT2D eigenvalue weighted by atomic mass is 35.5. The average Bonchev–Trinajstić information content (AvgIpc) is 2.49. The van der Waals surface area contributed by atoms with E-state index < -0.39 is 5.56 Å². The van der Waals surface area contributed by atoms with Crippen LogP contribution in [0.15, 0.2) is 47.3 Å². The second-order valence-electron chi connectivity index (χ2n) is 5.08. The summed E-state index contributed by atoms with van der Waals surface area (Å²) in [4.78, 5) is 27.3. The minimum absolute atomic E-state index is 0.0260. The summed E-state index contributed by atoms with van der Waals surface area (Å²) in [7, 11) is 0. The van der Waals surface area contributed by atoms with E-state index in [-0.39, 0.29) is 17.8 Å². The summed E-state index contributed by atoms with van der Waals surface area (Å²) in [5, 5.41) is 2.14. The van der Waals surface area contributed by atoms with Crippen LogP contribution in [0.4, 0.5) is 0 Å². The zero-order valence-electron chi connectivity index (χ0n) is 11.7. The molecule has 1 N–H and O–H groups in total. The van der Waals surface area contributed by atoms with Gasteiger partial charge in [-0.15, -0.1) is 0 Å². The predicted octanol–water partition coefficient (Wildman–Crippen LogP) is 4.91. The van der Waals surface area contributed by atoms with Gasteiger partial charge in [0, 0.05) is 27.0 Å². The summed E-state index contributed by atoms with van der Waals surface area (Å²) in [5.74, 6) is -0.313.